The number of hydrazine groups is 1. The summed E-state index contributed by atoms with van der Waals surface area (Å²) in [5.41, 5.74) is 5.52. The van der Waals surface area contributed by atoms with Crippen LogP contribution in [-0.4, -0.2) is 37.5 Å². The molecule has 8 nitrogen and oxygen atoms in total. The van der Waals surface area contributed by atoms with Crippen molar-refractivity contribution in [1.82, 2.24) is 10.7 Å². The predicted octanol–water partition coefficient (Wildman–Crippen LogP) is 2.33. The van der Waals surface area contributed by atoms with Crippen molar-refractivity contribution in [2.45, 2.75) is 32.9 Å². The molecule has 0 bridgehead atoms. The topological polar surface area (TPSA) is 97.0 Å². The van der Waals surface area contributed by atoms with Crippen LogP contribution in [0.1, 0.15) is 41.3 Å². The number of nitrogens with one attached hydrogen (secondary N) is 2. The van der Waals surface area contributed by atoms with Crippen LogP contribution in [0.4, 0.5) is 5.69 Å². The van der Waals surface area contributed by atoms with Gasteiger partial charge in [0.15, 0.2) is 0 Å². The number of rotatable bonds is 10. The van der Waals surface area contributed by atoms with Crippen molar-refractivity contribution in [3.8, 4) is 0 Å². The van der Waals surface area contributed by atoms with Crippen LogP contribution < -0.4 is 15.8 Å². The first-order valence-electron chi connectivity index (χ1n) is 10.3. The Morgan fingerprint density at radius 1 is 1.03 bits per heavy atom. The quantitative estimate of drug-likeness (QED) is 0.570. The Kier molecular flexibility index (Phi) is 8.14. The maximum absolute atomic E-state index is 12.5. The van der Waals surface area contributed by atoms with E-state index in [4.69, 9.17) is 9.47 Å². The van der Waals surface area contributed by atoms with E-state index in [0.29, 0.717) is 44.2 Å². The van der Waals surface area contributed by atoms with Gasteiger partial charge in [-0.05, 0) is 42.3 Å². The summed E-state index contributed by atoms with van der Waals surface area (Å²) in [4.78, 5) is 36.0. The molecule has 1 fully saturated rings. The highest BCUT2D eigenvalue weighted by molar-refractivity contribution is 6.01. The molecule has 2 aromatic carbocycles. The molecule has 31 heavy (non-hydrogen) atoms. The van der Waals surface area contributed by atoms with E-state index >= 15 is 0 Å². The lowest BCUT2D eigenvalue weighted by atomic mass is 10.1. The summed E-state index contributed by atoms with van der Waals surface area (Å²) in [7, 11) is 0. The van der Waals surface area contributed by atoms with E-state index in [2.05, 4.69) is 10.7 Å². The van der Waals surface area contributed by atoms with Crippen molar-refractivity contribution >= 4 is 23.4 Å². The average molecular weight is 425 g/mol. The molecule has 0 radical (unpaired) electrons. The summed E-state index contributed by atoms with van der Waals surface area (Å²) < 4.78 is 10.8. The van der Waals surface area contributed by atoms with Gasteiger partial charge in [0, 0.05) is 31.6 Å². The maximum Gasteiger partial charge on any atom is 0.251 e. The van der Waals surface area contributed by atoms with Crippen LogP contribution in [0.25, 0.3) is 0 Å². The lowest BCUT2D eigenvalue weighted by Crippen LogP contribution is -2.50. The molecular weight excluding hydrogens is 398 g/mol. The third kappa shape index (κ3) is 6.63. The summed E-state index contributed by atoms with van der Waals surface area (Å²) in [6, 6.07) is 14.4. The first-order valence-corrected chi connectivity index (χ1v) is 10.3. The van der Waals surface area contributed by atoms with Gasteiger partial charge in [-0.15, -0.1) is 0 Å². The fourth-order valence-corrected chi connectivity index (χ4v) is 3.11. The minimum Gasteiger partial charge on any atom is -0.379 e. The molecule has 2 aromatic rings. The molecule has 0 unspecified atom stereocenters. The molecule has 0 saturated carbocycles. The number of nitrogens with zero attached hydrogens (tertiary/aromatic N) is 1. The van der Waals surface area contributed by atoms with Gasteiger partial charge in [-0.3, -0.25) is 19.8 Å². The summed E-state index contributed by atoms with van der Waals surface area (Å²) >= 11 is 0. The van der Waals surface area contributed by atoms with Gasteiger partial charge in [0.25, 0.3) is 5.91 Å². The van der Waals surface area contributed by atoms with Crippen molar-refractivity contribution in [1.29, 1.82) is 0 Å². The van der Waals surface area contributed by atoms with Gasteiger partial charge in [-0.25, -0.2) is 5.01 Å². The van der Waals surface area contributed by atoms with Gasteiger partial charge < -0.3 is 14.8 Å². The Labute approximate surface area is 181 Å². The van der Waals surface area contributed by atoms with Gasteiger partial charge in [-0.1, -0.05) is 24.3 Å². The van der Waals surface area contributed by atoms with Crippen LogP contribution in [0.15, 0.2) is 48.5 Å². The van der Waals surface area contributed by atoms with Gasteiger partial charge in [0.05, 0.1) is 25.5 Å². The van der Waals surface area contributed by atoms with Crippen molar-refractivity contribution in [2.24, 2.45) is 0 Å². The Bertz CT molecular complexity index is 914. The standard InChI is InChI=1S/C23H27N3O5/c1-2-30-12-13-31-16-18-5-3-4-17(14-18)15-24-23(29)19-6-8-20(9-7-19)26-22(28)11-10-21(27)25-26/h3-9,14H,2,10-13,15-16H2,1H3,(H,24,29)(H,25,27). The van der Waals surface area contributed by atoms with E-state index in [1.54, 1.807) is 24.3 Å². The van der Waals surface area contributed by atoms with Crippen LogP contribution >= 0.6 is 0 Å². The number of anilines is 1. The number of hydrogen-bond donors (Lipinski definition) is 2. The lowest BCUT2D eigenvalue weighted by Gasteiger charge is -2.27. The minimum atomic E-state index is -0.223. The van der Waals surface area contributed by atoms with Crippen LogP contribution in [0.2, 0.25) is 0 Å². The molecule has 0 aromatic heterocycles. The summed E-state index contributed by atoms with van der Waals surface area (Å²) in [6.07, 6.45) is 0.362. The minimum absolute atomic E-state index is 0.171. The average Bonchev–Trinajstić information content (AvgIpc) is 2.79. The Morgan fingerprint density at radius 2 is 1.77 bits per heavy atom. The van der Waals surface area contributed by atoms with E-state index < -0.39 is 0 Å². The molecule has 0 atom stereocenters. The monoisotopic (exact) mass is 425 g/mol. The fraction of sp³-hybridized carbons (Fsp3) is 0.348. The third-order valence-corrected chi connectivity index (χ3v) is 4.73. The molecule has 1 saturated heterocycles. The molecule has 8 heteroatoms. The highest BCUT2D eigenvalue weighted by atomic mass is 16.5. The number of benzene rings is 2. The number of amides is 3. The largest absolute Gasteiger partial charge is 0.379 e. The molecule has 1 aliphatic rings. The van der Waals surface area contributed by atoms with Crippen LogP contribution in [0.3, 0.4) is 0 Å². The number of carbonyl (C=O) groups is 3. The second kappa shape index (κ2) is 11.2. The molecule has 0 aliphatic carbocycles. The first kappa shape index (κ1) is 22.5. The summed E-state index contributed by atoms with van der Waals surface area (Å²) in [5.74, 6) is -0.610. The number of carbonyl (C=O) groups excluding carboxylic acids is 3. The SMILES string of the molecule is CCOCCOCc1cccc(CNC(=O)c2ccc(N3NC(=O)CCC3=O)cc2)c1. The van der Waals surface area contributed by atoms with Crippen molar-refractivity contribution in [3.63, 3.8) is 0 Å². The molecule has 0 spiro atoms. The highest BCUT2D eigenvalue weighted by Crippen LogP contribution is 2.18. The zero-order valence-electron chi connectivity index (χ0n) is 17.6. The van der Waals surface area contributed by atoms with Crippen molar-refractivity contribution < 1.29 is 23.9 Å². The molecule has 3 amide bonds. The van der Waals surface area contributed by atoms with E-state index in [9.17, 15) is 14.4 Å². The van der Waals surface area contributed by atoms with Gasteiger partial charge in [0.2, 0.25) is 11.8 Å². The van der Waals surface area contributed by atoms with Crippen LogP contribution in [-0.2, 0) is 32.2 Å². The van der Waals surface area contributed by atoms with Crippen LogP contribution in [0, 0.1) is 0 Å². The second-order valence-electron chi connectivity index (χ2n) is 7.06. The van der Waals surface area contributed by atoms with E-state index in [0.717, 1.165) is 11.1 Å². The molecule has 2 N–H and O–H groups in total. The molecule has 1 aliphatic heterocycles. The highest BCUT2D eigenvalue weighted by Gasteiger charge is 2.24. The molecule has 1 heterocycles. The fourth-order valence-electron chi connectivity index (χ4n) is 3.11. The number of hydrogen-bond acceptors (Lipinski definition) is 5. The number of ether oxygens (including phenoxy) is 2. The Balaban J connectivity index is 1.51. The Hall–Kier alpha value is -3.23. The van der Waals surface area contributed by atoms with E-state index in [1.165, 1.54) is 5.01 Å². The van der Waals surface area contributed by atoms with E-state index in [1.807, 2.05) is 31.2 Å². The van der Waals surface area contributed by atoms with Crippen LogP contribution in [0.5, 0.6) is 0 Å². The maximum atomic E-state index is 12.5. The molecule has 164 valence electrons. The smallest absolute Gasteiger partial charge is 0.251 e. The second-order valence-corrected chi connectivity index (χ2v) is 7.06. The Morgan fingerprint density at radius 3 is 2.55 bits per heavy atom. The third-order valence-electron chi connectivity index (χ3n) is 4.73. The van der Waals surface area contributed by atoms with Gasteiger partial charge in [0.1, 0.15) is 0 Å². The first-order chi connectivity index (χ1) is 15.1. The summed E-state index contributed by atoms with van der Waals surface area (Å²) in [6.45, 7) is 4.60. The van der Waals surface area contributed by atoms with Crippen molar-refractivity contribution in [3.05, 3.63) is 65.2 Å². The van der Waals surface area contributed by atoms with Gasteiger partial charge >= 0.3 is 0 Å². The zero-order valence-corrected chi connectivity index (χ0v) is 17.6. The predicted molar refractivity (Wildman–Crippen MR) is 115 cm³/mol. The molecule has 3 rings (SSSR count). The zero-order chi connectivity index (χ0) is 22.1. The summed E-state index contributed by atoms with van der Waals surface area (Å²) in [5, 5.41) is 4.11. The molecular formula is C23H27N3O5. The lowest BCUT2D eigenvalue weighted by molar-refractivity contribution is -0.130. The normalized spacial score (nSPS) is 13.8. The van der Waals surface area contributed by atoms with E-state index in [-0.39, 0.29) is 30.6 Å². The van der Waals surface area contributed by atoms with Crippen molar-refractivity contribution in [2.75, 3.05) is 24.8 Å². The van der Waals surface area contributed by atoms with Gasteiger partial charge in [-0.2, -0.15) is 0 Å².